The SMILES string of the molecule is O=C1C=CC=C2C(=O)N(CCc3cccnc3)C3C(=C12)Cc1ccccc13. The standard InChI is InChI=1S/C23H18N2O2/c26-20-9-3-8-18-21(20)19-13-16-6-1-2-7-17(16)22(19)25(23(18)27)12-10-15-5-4-11-24-14-15/h1-9,11,14,22H,10,12-13H2. The van der Waals surface area contributed by atoms with Crippen LogP contribution in [0.1, 0.15) is 22.7 Å². The van der Waals surface area contributed by atoms with E-state index >= 15 is 0 Å². The van der Waals surface area contributed by atoms with Crippen molar-refractivity contribution in [2.24, 2.45) is 0 Å². The second kappa shape index (κ2) is 6.16. The molecule has 27 heavy (non-hydrogen) atoms. The topological polar surface area (TPSA) is 50.3 Å². The molecule has 1 unspecified atom stereocenters. The van der Waals surface area contributed by atoms with Crippen molar-refractivity contribution >= 4 is 11.7 Å². The molecule has 0 N–H and O–H groups in total. The summed E-state index contributed by atoms with van der Waals surface area (Å²) >= 11 is 0. The highest BCUT2D eigenvalue weighted by Crippen LogP contribution is 2.47. The molecule has 1 atom stereocenters. The molecule has 4 nitrogen and oxygen atoms in total. The molecule has 0 bridgehead atoms. The van der Waals surface area contributed by atoms with Crippen LogP contribution in [0.15, 0.2) is 83.7 Å². The molecule has 132 valence electrons. The minimum atomic E-state index is -0.145. The van der Waals surface area contributed by atoms with Gasteiger partial charge >= 0.3 is 0 Å². The Morgan fingerprint density at radius 1 is 1.11 bits per heavy atom. The Kier molecular flexibility index (Phi) is 3.64. The summed E-state index contributed by atoms with van der Waals surface area (Å²) in [6, 6.07) is 12.0. The molecular weight excluding hydrogens is 336 g/mol. The lowest BCUT2D eigenvalue weighted by atomic mass is 9.84. The highest BCUT2D eigenvalue weighted by Gasteiger charge is 2.44. The van der Waals surface area contributed by atoms with Crippen LogP contribution < -0.4 is 0 Å². The number of benzene rings is 1. The second-order valence-electron chi connectivity index (χ2n) is 7.09. The first kappa shape index (κ1) is 15.9. The van der Waals surface area contributed by atoms with Crippen LogP contribution in [-0.2, 0) is 22.4 Å². The van der Waals surface area contributed by atoms with Gasteiger partial charge in [-0.1, -0.05) is 36.4 Å². The van der Waals surface area contributed by atoms with Crippen LogP contribution in [0, 0.1) is 0 Å². The predicted molar refractivity (Wildman–Crippen MR) is 102 cm³/mol. The number of amides is 1. The highest BCUT2D eigenvalue weighted by molar-refractivity contribution is 6.19. The molecule has 2 heterocycles. The molecule has 4 heteroatoms. The van der Waals surface area contributed by atoms with Gasteiger partial charge in [0.05, 0.1) is 11.6 Å². The fourth-order valence-corrected chi connectivity index (χ4v) is 4.37. The predicted octanol–water partition coefficient (Wildman–Crippen LogP) is 3.13. The number of pyridine rings is 1. The van der Waals surface area contributed by atoms with Gasteiger partial charge in [0.25, 0.3) is 5.91 Å². The van der Waals surface area contributed by atoms with E-state index in [1.165, 1.54) is 5.56 Å². The lowest BCUT2D eigenvalue weighted by molar-refractivity contribution is -0.130. The van der Waals surface area contributed by atoms with E-state index in [1.807, 2.05) is 35.4 Å². The summed E-state index contributed by atoms with van der Waals surface area (Å²) in [6.45, 7) is 0.593. The number of allylic oxidation sites excluding steroid dienone is 3. The Labute approximate surface area is 157 Å². The van der Waals surface area contributed by atoms with Crippen molar-refractivity contribution in [3.63, 3.8) is 0 Å². The molecule has 1 aromatic heterocycles. The van der Waals surface area contributed by atoms with Crippen molar-refractivity contribution in [1.82, 2.24) is 9.88 Å². The zero-order valence-corrected chi connectivity index (χ0v) is 14.8. The molecular formula is C23H18N2O2. The first-order chi connectivity index (χ1) is 13.2. The van der Waals surface area contributed by atoms with Crippen molar-refractivity contribution in [2.45, 2.75) is 18.9 Å². The Bertz CT molecular complexity index is 1050. The molecule has 0 radical (unpaired) electrons. The number of fused-ring (bicyclic) bond motifs is 4. The molecule has 0 spiro atoms. The maximum atomic E-state index is 13.3. The van der Waals surface area contributed by atoms with E-state index in [1.54, 1.807) is 24.4 Å². The van der Waals surface area contributed by atoms with Gasteiger partial charge in [0.2, 0.25) is 0 Å². The van der Waals surface area contributed by atoms with Crippen LogP contribution in [0.5, 0.6) is 0 Å². The van der Waals surface area contributed by atoms with Crippen molar-refractivity contribution in [1.29, 1.82) is 0 Å². The van der Waals surface area contributed by atoms with Gasteiger partial charge in [-0.25, -0.2) is 0 Å². The summed E-state index contributed by atoms with van der Waals surface area (Å²) in [5, 5.41) is 0. The summed E-state index contributed by atoms with van der Waals surface area (Å²) in [7, 11) is 0. The van der Waals surface area contributed by atoms with E-state index in [0.717, 1.165) is 29.5 Å². The first-order valence-corrected chi connectivity index (χ1v) is 9.18. The average molecular weight is 354 g/mol. The highest BCUT2D eigenvalue weighted by atomic mass is 16.2. The van der Waals surface area contributed by atoms with Crippen LogP contribution in [0.2, 0.25) is 0 Å². The Hall–Kier alpha value is -3.27. The monoisotopic (exact) mass is 354 g/mol. The third-order valence-corrected chi connectivity index (χ3v) is 5.58. The van der Waals surface area contributed by atoms with E-state index in [9.17, 15) is 9.59 Å². The summed E-state index contributed by atoms with van der Waals surface area (Å²) < 4.78 is 0. The zero-order valence-electron chi connectivity index (χ0n) is 14.8. The van der Waals surface area contributed by atoms with Crippen molar-refractivity contribution in [2.75, 3.05) is 6.54 Å². The Balaban J connectivity index is 1.60. The van der Waals surface area contributed by atoms with Crippen LogP contribution in [-0.4, -0.2) is 28.1 Å². The third kappa shape index (κ3) is 2.48. The van der Waals surface area contributed by atoms with Gasteiger partial charge in [0.15, 0.2) is 5.78 Å². The number of rotatable bonds is 3. The fraction of sp³-hybridized carbons (Fsp3) is 0.174. The van der Waals surface area contributed by atoms with Crippen molar-refractivity contribution in [3.05, 3.63) is 100 Å². The molecule has 2 aliphatic carbocycles. The third-order valence-electron chi connectivity index (χ3n) is 5.58. The van der Waals surface area contributed by atoms with Gasteiger partial charge < -0.3 is 4.90 Å². The quantitative estimate of drug-likeness (QED) is 0.851. The first-order valence-electron chi connectivity index (χ1n) is 9.18. The minimum Gasteiger partial charge on any atom is -0.327 e. The number of carbonyl (C=O) groups excluding carboxylic acids is 2. The number of carbonyl (C=O) groups is 2. The van der Waals surface area contributed by atoms with E-state index in [2.05, 4.69) is 17.1 Å². The van der Waals surface area contributed by atoms with Crippen LogP contribution >= 0.6 is 0 Å². The van der Waals surface area contributed by atoms with E-state index < -0.39 is 0 Å². The molecule has 5 rings (SSSR count). The fourth-order valence-electron chi connectivity index (χ4n) is 4.37. The van der Waals surface area contributed by atoms with Gasteiger partial charge in [-0.05, 0) is 53.3 Å². The molecule has 0 saturated heterocycles. The lowest BCUT2D eigenvalue weighted by Crippen LogP contribution is -2.42. The average Bonchev–Trinajstić information content (AvgIpc) is 3.08. The van der Waals surface area contributed by atoms with Gasteiger partial charge in [-0.2, -0.15) is 0 Å². The molecule has 3 aliphatic rings. The molecule has 0 saturated carbocycles. The van der Waals surface area contributed by atoms with Crippen molar-refractivity contribution < 1.29 is 9.59 Å². The van der Waals surface area contributed by atoms with E-state index in [4.69, 9.17) is 0 Å². The zero-order chi connectivity index (χ0) is 18.4. The summed E-state index contributed by atoms with van der Waals surface area (Å²) in [5.41, 5.74) is 5.65. The normalized spacial score (nSPS) is 20.4. The van der Waals surface area contributed by atoms with E-state index in [-0.39, 0.29) is 17.7 Å². The molecule has 0 fully saturated rings. The molecule has 1 aromatic carbocycles. The summed E-state index contributed by atoms with van der Waals surface area (Å²) in [6.07, 6.45) is 10.1. The van der Waals surface area contributed by atoms with Crippen LogP contribution in [0.3, 0.4) is 0 Å². The van der Waals surface area contributed by atoms with Gasteiger partial charge in [0, 0.05) is 24.5 Å². The number of nitrogens with zero attached hydrogens (tertiary/aromatic N) is 2. The van der Waals surface area contributed by atoms with E-state index in [0.29, 0.717) is 17.7 Å². The number of aromatic nitrogens is 1. The Morgan fingerprint density at radius 2 is 2.00 bits per heavy atom. The molecule has 2 aromatic rings. The summed E-state index contributed by atoms with van der Waals surface area (Å²) in [4.78, 5) is 32.0. The lowest BCUT2D eigenvalue weighted by Gasteiger charge is -2.37. The smallest absolute Gasteiger partial charge is 0.255 e. The van der Waals surface area contributed by atoms with Gasteiger partial charge in [-0.3, -0.25) is 14.6 Å². The summed E-state index contributed by atoms with van der Waals surface area (Å²) in [5.74, 6) is -0.113. The maximum absolute atomic E-state index is 13.3. The second-order valence-corrected chi connectivity index (χ2v) is 7.09. The number of hydrogen-bond donors (Lipinski definition) is 0. The largest absolute Gasteiger partial charge is 0.327 e. The van der Waals surface area contributed by atoms with Crippen LogP contribution in [0.4, 0.5) is 0 Å². The van der Waals surface area contributed by atoms with Crippen molar-refractivity contribution in [3.8, 4) is 0 Å². The van der Waals surface area contributed by atoms with Gasteiger partial charge in [0.1, 0.15) is 0 Å². The molecule has 1 aliphatic heterocycles. The van der Waals surface area contributed by atoms with Crippen LogP contribution in [0.25, 0.3) is 0 Å². The maximum Gasteiger partial charge on any atom is 0.255 e. The number of ketones is 1. The molecule has 1 amide bonds. The minimum absolute atomic E-state index is 0.0550. The number of hydrogen-bond acceptors (Lipinski definition) is 3. The Morgan fingerprint density at radius 3 is 2.85 bits per heavy atom. The van der Waals surface area contributed by atoms with Gasteiger partial charge in [-0.15, -0.1) is 0 Å².